The third-order valence-electron chi connectivity index (χ3n) is 6.61. The van der Waals surface area contributed by atoms with Gasteiger partial charge in [-0.15, -0.1) is 0 Å². The molecule has 2 atom stereocenters. The second-order valence-corrected chi connectivity index (χ2v) is 9.41. The lowest BCUT2D eigenvalue weighted by Gasteiger charge is -2.37. The van der Waals surface area contributed by atoms with Gasteiger partial charge in [-0.05, 0) is 56.2 Å². The summed E-state index contributed by atoms with van der Waals surface area (Å²) in [6.07, 6.45) is -4.81. The molecule has 9 nitrogen and oxygen atoms in total. The van der Waals surface area contributed by atoms with Gasteiger partial charge >= 0.3 is 24.1 Å². The van der Waals surface area contributed by atoms with Crippen molar-refractivity contribution in [2.24, 2.45) is 5.73 Å². The average molecular weight is 586 g/mol. The van der Waals surface area contributed by atoms with Crippen molar-refractivity contribution in [1.29, 1.82) is 5.26 Å². The topological polar surface area (TPSA) is 132 Å². The highest BCUT2D eigenvalue weighted by atomic mass is 19.4. The van der Waals surface area contributed by atoms with Crippen LogP contribution in [0, 0.1) is 11.3 Å². The molecule has 0 aliphatic carbocycles. The van der Waals surface area contributed by atoms with Crippen molar-refractivity contribution in [2.75, 3.05) is 18.6 Å². The van der Waals surface area contributed by atoms with E-state index in [4.69, 9.17) is 15.2 Å². The normalized spacial score (nSPS) is 16.0. The number of ether oxygens (including phenoxy) is 3. The maximum Gasteiger partial charge on any atom is 0.416 e. The van der Waals surface area contributed by atoms with Crippen LogP contribution >= 0.6 is 0 Å². The van der Waals surface area contributed by atoms with Crippen LogP contribution in [0.5, 0.6) is 0 Å². The van der Waals surface area contributed by atoms with Crippen LogP contribution in [0.3, 0.4) is 0 Å². The second kappa shape index (κ2) is 13.2. The van der Waals surface area contributed by atoms with E-state index in [0.29, 0.717) is 24.0 Å². The molecule has 12 heteroatoms. The first-order valence-electron chi connectivity index (χ1n) is 13.0. The Labute approximate surface area is 240 Å². The fourth-order valence-electron chi connectivity index (χ4n) is 4.47. The summed E-state index contributed by atoms with van der Waals surface area (Å²) in [5.41, 5.74) is 5.77. The van der Waals surface area contributed by atoms with Crippen molar-refractivity contribution in [3.63, 3.8) is 0 Å². The highest BCUT2D eigenvalue weighted by Crippen LogP contribution is 2.44. The number of hydrogen-bond acceptors (Lipinski definition) is 9. The molecule has 0 amide bonds. The molecule has 1 unspecified atom stereocenters. The van der Waals surface area contributed by atoms with Crippen molar-refractivity contribution >= 4 is 23.6 Å². The number of carbonyl (C=O) groups is 3. The number of esters is 3. The van der Waals surface area contributed by atoms with Gasteiger partial charge in [-0.25, -0.2) is 14.4 Å². The van der Waals surface area contributed by atoms with Gasteiger partial charge in [-0.2, -0.15) is 18.4 Å². The Morgan fingerprint density at radius 2 is 1.76 bits per heavy atom. The van der Waals surface area contributed by atoms with E-state index < -0.39 is 41.7 Å². The fraction of sp³-hybridized carbons (Fsp3) is 0.333. The van der Waals surface area contributed by atoms with Gasteiger partial charge in [0, 0.05) is 11.4 Å². The molecule has 2 aromatic rings. The number of allylic oxidation sites excluding steroid dienone is 1. The van der Waals surface area contributed by atoms with E-state index >= 15 is 0 Å². The Hall–Kier alpha value is -4.79. The first-order chi connectivity index (χ1) is 19.8. The maximum atomic E-state index is 13.7. The van der Waals surface area contributed by atoms with E-state index in [1.54, 1.807) is 0 Å². The Morgan fingerprint density at radius 1 is 1.10 bits per heavy atom. The van der Waals surface area contributed by atoms with E-state index in [-0.39, 0.29) is 35.0 Å². The molecule has 0 spiro atoms. The Morgan fingerprint density at radius 3 is 2.33 bits per heavy atom. The van der Waals surface area contributed by atoms with Crippen LogP contribution in [-0.4, -0.2) is 37.7 Å². The number of alkyl halides is 3. The predicted molar refractivity (Wildman–Crippen MR) is 145 cm³/mol. The average Bonchev–Trinajstić information content (AvgIpc) is 2.96. The lowest BCUT2D eigenvalue weighted by molar-refractivity contribution is -0.162. The second-order valence-electron chi connectivity index (χ2n) is 9.41. The number of halogens is 3. The van der Waals surface area contributed by atoms with Gasteiger partial charge in [-0.3, -0.25) is 0 Å². The molecular weight excluding hydrogens is 555 g/mol. The number of nitrogens with zero attached hydrogens (tertiary/aromatic N) is 2. The van der Waals surface area contributed by atoms with Crippen LogP contribution in [0.1, 0.15) is 56.2 Å². The standard InChI is InChI=1S/C30H30F3N3O6/c1-5-6-14-41-28(38)25-24(20-12-10-19(16-34)11-13-20)23(29(39)42-18(3)27(37)40-4)17(2)36(26(25)35)22-9-7-8-21(15-22)30(31,32)33/h7-13,15,18,24H,5-6,14,35H2,1-4H3/t18-,24?/m0/s1. The van der Waals surface area contributed by atoms with Crippen molar-refractivity contribution in [2.45, 2.75) is 51.8 Å². The maximum absolute atomic E-state index is 13.7. The molecule has 2 N–H and O–H groups in total. The Bertz CT molecular complexity index is 1460. The van der Waals surface area contributed by atoms with Crippen molar-refractivity contribution in [3.05, 3.63) is 87.9 Å². The Kier molecular flexibility index (Phi) is 10.0. The van der Waals surface area contributed by atoms with Gasteiger partial charge in [0.25, 0.3) is 0 Å². The van der Waals surface area contributed by atoms with Crippen LogP contribution in [0.15, 0.2) is 71.2 Å². The zero-order chi connectivity index (χ0) is 31.2. The third-order valence-corrected chi connectivity index (χ3v) is 6.61. The highest BCUT2D eigenvalue weighted by molar-refractivity contribution is 6.02. The summed E-state index contributed by atoms with van der Waals surface area (Å²) >= 11 is 0. The molecule has 42 heavy (non-hydrogen) atoms. The van der Waals surface area contributed by atoms with E-state index in [0.717, 1.165) is 24.1 Å². The van der Waals surface area contributed by atoms with Crippen LogP contribution in [0.2, 0.25) is 0 Å². The number of methoxy groups -OCH3 is 1. The van der Waals surface area contributed by atoms with Gasteiger partial charge in [0.15, 0.2) is 6.10 Å². The molecule has 3 rings (SSSR count). The predicted octanol–water partition coefficient (Wildman–Crippen LogP) is 5.07. The zero-order valence-electron chi connectivity index (χ0n) is 23.4. The van der Waals surface area contributed by atoms with Gasteiger partial charge in [0.2, 0.25) is 0 Å². The molecule has 1 aliphatic rings. The number of rotatable bonds is 9. The van der Waals surface area contributed by atoms with E-state index in [1.807, 2.05) is 13.0 Å². The van der Waals surface area contributed by atoms with E-state index in [1.165, 1.54) is 50.2 Å². The Balaban J connectivity index is 2.32. The van der Waals surface area contributed by atoms with Crippen LogP contribution in [0.4, 0.5) is 18.9 Å². The summed E-state index contributed by atoms with van der Waals surface area (Å²) in [6.45, 7) is 4.63. The molecular formula is C30H30F3N3O6. The molecule has 0 bridgehead atoms. The van der Waals surface area contributed by atoms with Gasteiger partial charge in [0.1, 0.15) is 5.82 Å². The minimum Gasteiger partial charge on any atom is -0.466 e. The number of anilines is 1. The molecule has 0 aromatic heterocycles. The quantitative estimate of drug-likeness (QED) is 0.243. The minimum atomic E-state index is -4.69. The SMILES string of the molecule is CCCCOC(=O)C1=C(N)N(c2cccc(C(F)(F)F)c2)C(C)=C(C(=O)O[C@@H](C)C(=O)OC)C1c1ccc(C#N)cc1. The summed E-state index contributed by atoms with van der Waals surface area (Å²) in [5, 5.41) is 9.27. The molecule has 0 saturated heterocycles. The number of carbonyl (C=O) groups excluding carboxylic acids is 3. The summed E-state index contributed by atoms with van der Waals surface area (Å²) < 4.78 is 56.4. The molecule has 2 aromatic carbocycles. The van der Waals surface area contributed by atoms with Crippen molar-refractivity contribution < 1.29 is 41.8 Å². The smallest absolute Gasteiger partial charge is 0.416 e. The summed E-state index contributed by atoms with van der Waals surface area (Å²) in [4.78, 5) is 40.5. The number of nitriles is 1. The summed E-state index contributed by atoms with van der Waals surface area (Å²) in [6, 6.07) is 12.2. The number of benzene rings is 2. The number of hydrogen-bond donors (Lipinski definition) is 1. The van der Waals surface area contributed by atoms with E-state index in [2.05, 4.69) is 4.74 Å². The summed E-state index contributed by atoms with van der Waals surface area (Å²) in [5.74, 6) is -4.27. The molecule has 1 aliphatic heterocycles. The lowest BCUT2D eigenvalue weighted by atomic mass is 9.80. The van der Waals surface area contributed by atoms with Crippen LogP contribution in [-0.2, 0) is 34.8 Å². The van der Waals surface area contributed by atoms with Gasteiger partial charge in [0.05, 0.1) is 48.0 Å². The van der Waals surface area contributed by atoms with Crippen LogP contribution in [0.25, 0.3) is 0 Å². The molecule has 0 radical (unpaired) electrons. The monoisotopic (exact) mass is 585 g/mol. The first-order valence-corrected chi connectivity index (χ1v) is 13.0. The number of nitrogens with two attached hydrogens (primary N) is 1. The molecule has 0 saturated carbocycles. The molecule has 222 valence electrons. The lowest BCUT2D eigenvalue weighted by Crippen LogP contribution is -2.40. The van der Waals surface area contributed by atoms with Gasteiger partial charge < -0.3 is 24.8 Å². The van der Waals surface area contributed by atoms with Crippen molar-refractivity contribution in [1.82, 2.24) is 0 Å². The minimum absolute atomic E-state index is 0.0254. The highest BCUT2D eigenvalue weighted by Gasteiger charge is 2.43. The summed E-state index contributed by atoms with van der Waals surface area (Å²) in [7, 11) is 1.11. The molecule has 0 fully saturated rings. The van der Waals surface area contributed by atoms with Gasteiger partial charge in [-0.1, -0.05) is 31.5 Å². The van der Waals surface area contributed by atoms with E-state index in [9.17, 15) is 32.8 Å². The third kappa shape index (κ3) is 6.74. The first kappa shape index (κ1) is 31.7. The van der Waals surface area contributed by atoms with Crippen molar-refractivity contribution in [3.8, 4) is 6.07 Å². The fourth-order valence-corrected chi connectivity index (χ4v) is 4.47. The largest absolute Gasteiger partial charge is 0.466 e. The zero-order valence-corrected chi connectivity index (χ0v) is 23.4. The molecule has 1 heterocycles. The van der Waals surface area contributed by atoms with Crippen LogP contribution < -0.4 is 10.6 Å². The number of unbranched alkanes of at least 4 members (excludes halogenated alkanes) is 1.